The standard InChI is InChI=1S/C22H20F5N5O/c23-14-3-4-18(17(24)9-14)30-5-7-31(8-6-30)21(33)16-10-28-20-15(19(16)22(25,26)27)11-29-32(20)12-13-1-2-13/h3-4,9-11,13H,1-2,5-8,12H2/i23-1. The number of benzene rings is 1. The number of anilines is 1. The lowest BCUT2D eigenvalue weighted by Crippen LogP contribution is -2.49. The number of pyridine rings is 1. The van der Waals surface area contributed by atoms with E-state index in [9.17, 15) is 26.7 Å². The van der Waals surface area contributed by atoms with Gasteiger partial charge in [-0.15, -0.1) is 0 Å². The summed E-state index contributed by atoms with van der Waals surface area (Å²) in [6.45, 7) is 1.08. The Hall–Kier alpha value is -3.24. The number of nitrogens with zero attached hydrogens (tertiary/aromatic N) is 5. The predicted molar refractivity (Wildman–Crippen MR) is 110 cm³/mol. The van der Waals surface area contributed by atoms with Crippen molar-refractivity contribution in [3.05, 3.63) is 53.4 Å². The molecule has 2 aliphatic rings. The number of alkyl halides is 3. The molecule has 1 aliphatic carbocycles. The minimum absolute atomic E-state index is 0.0892. The zero-order valence-electron chi connectivity index (χ0n) is 17.4. The van der Waals surface area contributed by atoms with Gasteiger partial charge >= 0.3 is 6.18 Å². The molecule has 0 N–H and O–H groups in total. The molecule has 1 aliphatic heterocycles. The molecule has 6 nitrogen and oxygen atoms in total. The van der Waals surface area contributed by atoms with Crippen LogP contribution in [-0.2, 0) is 12.7 Å². The zero-order chi connectivity index (χ0) is 23.3. The molecular weight excluding hydrogens is 444 g/mol. The Morgan fingerprint density at radius 3 is 2.42 bits per heavy atom. The first kappa shape index (κ1) is 21.6. The second-order valence-corrected chi connectivity index (χ2v) is 8.43. The Bertz CT molecular complexity index is 1210. The van der Waals surface area contributed by atoms with Gasteiger partial charge in [0, 0.05) is 45.0 Å². The van der Waals surface area contributed by atoms with Crippen LogP contribution in [0.4, 0.5) is 27.6 Å². The molecule has 0 spiro atoms. The number of amides is 1. The number of fused-ring (bicyclic) bond motifs is 1. The molecule has 1 amide bonds. The normalized spacial score (nSPS) is 17.1. The smallest absolute Gasteiger partial charge is 0.366 e. The van der Waals surface area contributed by atoms with Gasteiger partial charge in [0.1, 0.15) is 11.6 Å². The number of carbonyl (C=O) groups is 1. The molecule has 0 radical (unpaired) electrons. The van der Waals surface area contributed by atoms with E-state index in [-0.39, 0.29) is 42.9 Å². The largest absolute Gasteiger partial charge is 0.418 e. The maximum absolute atomic E-state index is 14.1. The van der Waals surface area contributed by atoms with Crippen molar-refractivity contribution < 1.29 is 26.7 Å². The van der Waals surface area contributed by atoms with Crippen molar-refractivity contribution in [3.63, 3.8) is 0 Å². The Labute approximate surface area is 185 Å². The van der Waals surface area contributed by atoms with E-state index >= 15 is 0 Å². The summed E-state index contributed by atoms with van der Waals surface area (Å²) in [6, 6.07) is 3.21. The monoisotopic (exact) mass is 464 g/mol. The van der Waals surface area contributed by atoms with Crippen LogP contribution in [0.1, 0.15) is 28.8 Å². The van der Waals surface area contributed by atoms with Crippen molar-refractivity contribution in [3.8, 4) is 0 Å². The highest BCUT2D eigenvalue weighted by atomic mass is 19.4. The van der Waals surface area contributed by atoms with E-state index in [1.165, 1.54) is 15.6 Å². The highest BCUT2D eigenvalue weighted by Crippen LogP contribution is 2.38. The molecule has 3 heterocycles. The molecule has 1 aromatic carbocycles. The van der Waals surface area contributed by atoms with Gasteiger partial charge < -0.3 is 9.80 Å². The van der Waals surface area contributed by atoms with E-state index in [0.717, 1.165) is 37.4 Å². The first-order chi connectivity index (χ1) is 15.7. The number of carbonyl (C=O) groups excluding carboxylic acids is 1. The van der Waals surface area contributed by atoms with E-state index in [0.29, 0.717) is 12.5 Å². The average molecular weight is 464 g/mol. The van der Waals surface area contributed by atoms with Gasteiger partial charge in [-0.2, -0.15) is 18.3 Å². The van der Waals surface area contributed by atoms with Gasteiger partial charge in [-0.05, 0) is 30.9 Å². The Morgan fingerprint density at radius 2 is 1.79 bits per heavy atom. The van der Waals surface area contributed by atoms with E-state index in [1.54, 1.807) is 4.90 Å². The number of hydrogen-bond acceptors (Lipinski definition) is 4. The van der Waals surface area contributed by atoms with Crippen LogP contribution in [0, 0.1) is 17.6 Å². The molecule has 0 atom stereocenters. The fourth-order valence-electron chi connectivity index (χ4n) is 4.23. The summed E-state index contributed by atoms with van der Waals surface area (Å²) >= 11 is 0. The number of hydrogen-bond donors (Lipinski definition) is 0. The fourth-order valence-corrected chi connectivity index (χ4v) is 4.23. The Morgan fingerprint density at radius 1 is 1.06 bits per heavy atom. The molecule has 5 rings (SSSR count). The lowest BCUT2D eigenvalue weighted by molar-refractivity contribution is -0.136. The highest BCUT2D eigenvalue weighted by molar-refractivity contribution is 6.00. The minimum Gasteiger partial charge on any atom is -0.366 e. The summed E-state index contributed by atoms with van der Waals surface area (Å²) in [7, 11) is 0. The van der Waals surface area contributed by atoms with Gasteiger partial charge in [-0.25, -0.2) is 18.4 Å². The van der Waals surface area contributed by atoms with Crippen LogP contribution < -0.4 is 4.90 Å². The zero-order valence-corrected chi connectivity index (χ0v) is 17.4. The van der Waals surface area contributed by atoms with Crippen molar-refractivity contribution in [2.75, 3.05) is 31.1 Å². The van der Waals surface area contributed by atoms with Gasteiger partial charge in [0.25, 0.3) is 5.91 Å². The highest BCUT2D eigenvalue weighted by Gasteiger charge is 2.40. The third-order valence-corrected chi connectivity index (χ3v) is 6.13. The molecule has 2 aromatic heterocycles. The third-order valence-electron chi connectivity index (χ3n) is 6.13. The molecule has 1 saturated carbocycles. The Kier molecular flexibility index (Phi) is 5.21. The molecule has 0 unspecified atom stereocenters. The lowest BCUT2D eigenvalue weighted by atomic mass is 10.0. The molecule has 1 saturated heterocycles. The predicted octanol–water partition coefficient (Wildman–Crippen LogP) is 4.10. The molecule has 11 heteroatoms. The van der Waals surface area contributed by atoms with Crippen LogP contribution in [-0.4, -0.2) is 51.8 Å². The minimum atomic E-state index is -4.77. The summed E-state index contributed by atoms with van der Waals surface area (Å²) in [5, 5.41) is 3.89. The maximum Gasteiger partial charge on any atom is 0.418 e. The summed E-state index contributed by atoms with van der Waals surface area (Å²) in [6.07, 6.45) is -0.640. The SMILES string of the molecule is O=C(c1cnc2c(cnn2CC2CC2)c1C(F)(F)F)N1CCN(c2ccc([18F])cc2F)CC1. The molecule has 0 bridgehead atoms. The van der Waals surface area contributed by atoms with Crippen molar-refractivity contribution in [2.45, 2.75) is 25.6 Å². The van der Waals surface area contributed by atoms with E-state index in [1.807, 2.05) is 0 Å². The van der Waals surface area contributed by atoms with Crippen LogP contribution in [0.3, 0.4) is 0 Å². The van der Waals surface area contributed by atoms with E-state index < -0.39 is 34.8 Å². The van der Waals surface area contributed by atoms with Crippen LogP contribution in [0.15, 0.2) is 30.6 Å². The van der Waals surface area contributed by atoms with E-state index in [4.69, 9.17) is 0 Å². The molecular formula is C22H20F5N5O. The molecule has 2 fully saturated rings. The van der Waals surface area contributed by atoms with E-state index in [2.05, 4.69) is 10.1 Å². The van der Waals surface area contributed by atoms with Crippen LogP contribution in [0.2, 0.25) is 0 Å². The van der Waals surface area contributed by atoms with Crippen molar-refractivity contribution in [1.29, 1.82) is 0 Å². The summed E-state index contributed by atoms with van der Waals surface area (Å²) in [5.74, 6) is -1.82. The second kappa shape index (κ2) is 7.96. The second-order valence-electron chi connectivity index (χ2n) is 8.43. The quantitative estimate of drug-likeness (QED) is 0.546. The van der Waals surface area contributed by atoms with Gasteiger partial charge in [0.2, 0.25) is 0 Å². The van der Waals surface area contributed by atoms with Crippen LogP contribution in [0.5, 0.6) is 0 Å². The van der Waals surface area contributed by atoms with Gasteiger partial charge in [0.05, 0.1) is 28.4 Å². The summed E-state index contributed by atoms with van der Waals surface area (Å²) in [4.78, 5) is 20.2. The number of piperazine rings is 1. The molecule has 33 heavy (non-hydrogen) atoms. The fraction of sp³-hybridized carbons (Fsp3) is 0.409. The van der Waals surface area contributed by atoms with Crippen LogP contribution in [0.25, 0.3) is 11.0 Å². The van der Waals surface area contributed by atoms with Crippen molar-refractivity contribution in [1.82, 2.24) is 19.7 Å². The molecule has 3 aromatic rings. The summed E-state index contributed by atoms with van der Waals surface area (Å²) in [5.41, 5.74) is -1.26. The first-order valence-electron chi connectivity index (χ1n) is 10.6. The third kappa shape index (κ3) is 4.11. The maximum atomic E-state index is 14.1. The van der Waals surface area contributed by atoms with Gasteiger partial charge in [-0.3, -0.25) is 4.79 Å². The van der Waals surface area contributed by atoms with Crippen molar-refractivity contribution in [2.24, 2.45) is 5.92 Å². The topological polar surface area (TPSA) is 54.3 Å². The van der Waals surface area contributed by atoms with Gasteiger partial charge in [-0.1, -0.05) is 0 Å². The number of halogens is 5. The van der Waals surface area contributed by atoms with Gasteiger partial charge in [0.15, 0.2) is 5.65 Å². The Balaban J connectivity index is 1.40. The lowest BCUT2D eigenvalue weighted by Gasteiger charge is -2.36. The van der Waals surface area contributed by atoms with Crippen LogP contribution >= 0.6 is 0 Å². The first-order valence-corrected chi connectivity index (χ1v) is 10.6. The number of rotatable bonds is 4. The molecule has 174 valence electrons. The average Bonchev–Trinajstić information content (AvgIpc) is 3.50. The van der Waals surface area contributed by atoms with Crippen molar-refractivity contribution >= 4 is 22.6 Å². The number of aromatic nitrogens is 3. The summed E-state index contributed by atoms with van der Waals surface area (Å²) < 4.78 is 70.8.